The Labute approximate surface area is 123 Å². The highest BCUT2D eigenvalue weighted by Gasteiger charge is 2.64. The minimum absolute atomic E-state index is 0.0321. The van der Waals surface area contributed by atoms with Gasteiger partial charge in [0.25, 0.3) is 11.5 Å². The van der Waals surface area contributed by atoms with Gasteiger partial charge in [-0.15, -0.1) is 0 Å². The SMILES string of the molecule is O=C1Nc2cc3c4c([nH]c3cc2[C@@]1(O)C(F)(F)F)CCCC4. The van der Waals surface area contributed by atoms with Gasteiger partial charge in [0, 0.05) is 27.8 Å². The molecule has 2 aliphatic rings. The number of carbonyl (C=O) groups is 1. The van der Waals surface area contributed by atoms with Crippen molar-refractivity contribution in [3.05, 3.63) is 29.0 Å². The molecule has 0 saturated carbocycles. The number of carbonyl (C=O) groups excluding carboxylic acids is 1. The fourth-order valence-corrected chi connectivity index (χ4v) is 3.48. The number of aromatic nitrogens is 1. The largest absolute Gasteiger partial charge is 0.430 e. The molecule has 1 amide bonds. The predicted molar refractivity (Wildman–Crippen MR) is 73.5 cm³/mol. The zero-order valence-corrected chi connectivity index (χ0v) is 11.5. The van der Waals surface area contributed by atoms with E-state index in [1.807, 2.05) is 0 Å². The molecule has 0 saturated heterocycles. The van der Waals surface area contributed by atoms with Crippen LogP contribution < -0.4 is 5.32 Å². The summed E-state index contributed by atoms with van der Waals surface area (Å²) < 4.78 is 39.5. The highest BCUT2D eigenvalue weighted by atomic mass is 19.4. The van der Waals surface area contributed by atoms with Crippen LogP contribution in [-0.2, 0) is 23.2 Å². The molecule has 0 radical (unpaired) electrons. The summed E-state index contributed by atoms with van der Waals surface area (Å²) in [4.78, 5) is 14.8. The second kappa shape index (κ2) is 4.04. The first-order valence-corrected chi connectivity index (χ1v) is 7.11. The summed E-state index contributed by atoms with van der Waals surface area (Å²) in [5.74, 6) is -1.45. The molecular weight excluding hydrogens is 297 g/mol. The van der Waals surface area contributed by atoms with Crippen LogP contribution in [0.5, 0.6) is 0 Å². The number of fused-ring (bicyclic) bond motifs is 4. The summed E-state index contributed by atoms with van der Waals surface area (Å²) in [7, 11) is 0. The standard InChI is InChI=1S/C15H13F3N2O2/c16-15(17,18)14(22)9-6-11-8(5-12(9)20-13(14)21)7-3-1-2-4-10(7)19-11/h5-6,19,22H,1-4H2,(H,20,21)/t14-/m0/s1. The number of anilines is 1. The molecule has 2 heterocycles. The van der Waals surface area contributed by atoms with Gasteiger partial charge < -0.3 is 15.4 Å². The summed E-state index contributed by atoms with van der Waals surface area (Å²) in [5, 5.41) is 12.9. The van der Waals surface area contributed by atoms with Gasteiger partial charge in [0.2, 0.25) is 0 Å². The Bertz CT molecular complexity index is 809. The number of aliphatic hydroxyl groups is 1. The van der Waals surface area contributed by atoms with E-state index >= 15 is 0 Å². The van der Waals surface area contributed by atoms with Crippen LogP contribution in [0, 0.1) is 0 Å². The number of halogens is 3. The number of rotatable bonds is 0. The summed E-state index contributed by atoms with van der Waals surface area (Å²) in [6, 6.07) is 2.78. The van der Waals surface area contributed by atoms with Gasteiger partial charge in [-0.2, -0.15) is 13.2 Å². The van der Waals surface area contributed by atoms with Gasteiger partial charge in [0.1, 0.15) is 0 Å². The lowest BCUT2D eigenvalue weighted by Gasteiger charge is -2.23. The average Bonchev–Trinajstić information content (AvgIpc) is 2.93. The lowest BCUT2D eigenvalue weighted by atomic mass is 9.92. The van der Waals surface area contributed by atoms with E-state index in [9.17, 15) is 23.1 Å². The van der Waals surface area contributed by atoms with E-state index in [0.29, 0.717) is 5.52 Å². The molecule has 1 aromatic heterocycles. The third-order valence-electron chi connectivity index (χ3n) is 4.61. The quantitative estimate of drug-likeness (QED) is 0.700. The predicted octanol–water partition coefficient (Wildman–Crippen LogP) is 2.75. The molecule has 116 valence electrons. The molecule has 4 nitrogen and oxygen atoms in total. The molecule has 1 aromatic carbocycles. The van der Waals surface area contributed by atoms with Crippen molar-refractivity contribution in [1.29, 1.82) is 0 Å². The summed E-state index contributed by atoms with van der Waals surface area (Å²) in [6.07, 6.45) is -1.25. The van der Waals surface area contributed by atoms with Gasteiger partial charge in [0.05, 0.1) is 0 Å². The molecule has 4 rings (SSSR count). The van der Waals surface area contributed by atoms with Crippen molar-refractivity contribution in [3.8, 4) is 0 Å². The Morgan fingerprint density at radius 1 is 1.18 bits per heavy atom. The van der Waals surface area contributed by atoms with E-state index in [4.69, 9.17) is 0 Å². The summed E-state index contributed by atoms with van der Waals surface area (Å²) >= 11 is 0. The van der Waals surface area contributed by atoms with Crippen molar-refractivity contribution in [2.24, 2.45) is 0 Å². The minimum Gasteiger partial charge on any atom is -0.368 e. The maximum atomic E-state index is 13.2. The van der Waals surface area contributed by atoms with Gasteiger partial charge in [-0.25, -0.2) is 0 Å². The van der Waals surface area contributed by atoms with Crippen molar-refractivity contribution < 1.29 is 23.1 Å². The second-order valence-electron chi connectivity index (χ2n) is 5.89. The molecule has 1 aliphatic carbocycles. The molecule has 3 N–H and O–H groups in total. The van der Waals surface area contributed by atoms with Crippen LogP contribution in [0.1, 0.15) is 29.7 Å². The Kier molecular flexibility index (Phi) is 2.50. The first-order valence-electron chi connectivity index (χ1n) is 7.11. The number of H-pyrrole nitrogens is 1. The number of aromatic amines is 1. The maximum Gasteiger partial charge on any atom is 0.430 e. The fourth-order valence-electron chi connectivity index (χ4n) is 3.48. The number of hydrogen-bond acceptors (Lipinski definition) is 2. The van der Waals surface area contributed by atoms with Crippen molar-refractivity contribution in [2.75, 3.05) is 5.32 Å². The molecule has 0 bridgehead atoms. The topological polar surface area (TPSA) is 65.1 Å². The van der Waals surface area contributed by atoms with Crippen LogP contribution in [-0.4, -0.2) is 22.2 Å². The van der Waals surface area contributed by atoms with Gasteiger partial charge in [-0.05, 0) is 43.4 Å². The molecule has 1 aliphatic heterocycles. The Hall–Kier alpha value is -2.02. The van der Waals surface area contributed by atoms with E-state index in [0.717, 1.165) is 42.3 Å². The van der Waals surface area contributed by atoms with E-state index in [-0.39, 0.29) is 5.69 Å². The van der Waals surface area contributed by atoms with Gasteiger partial charge in [-0.1, -0.05) is 0 Å². The number of benzene rings is 1. The highest BCUT2D eigenvalue weighted by Crippen LogP contribution is 2.48. The second-order valence-corrected chi connectivity index (χ2v) is 5.89. The van der Waals surface area contributed by atoms with Gasteiger partial charge >= 0.3 is 6.18 Å². The third-order valence-corrected chi connectivity index (χ3v) is 4.61. The van der Waals surface area contributed by atoms with Crippen LogP contribution in [0.25, 0.3) is 10.9 Å². The van der Waals surface area contributed by atoms with Crippen LogP contribution in [0.3, 0.4) is 0 Å². The smallest absolute Gasteiger partial charge is 0.368 e. The monoisotopic (exact) mass is 310 g/mol. The normalized spacial score (nSPS) is 24.3. The van der Waals surface area contributed by atoms with Crippen LogP contribution in [0.2, 0.25) is 0 Å². The Morgan fingerprint density at radius 3 is 2.64 bits per heavy atom. The molecule has 0 unspecified atom stereocenters. The number of aryl methyl sites for hydroxylation is 2. The minimum atomic E-state index is -5.07. The third kappa shape index (κ3) is 1.54. The Balaban J connectivity index is 1.97. The van der Waals surface area contributed by atoms with Crippen molar-refractivity contribution in [2.45, 2.75) is 37.5 Å². The van der Waals surface area contributed by atoms with Crippen LogP contribution in [0.4, 0.5) is 18.9 Å². The number of amides is 1. The van der Waals surface area contributed by atoms with E-state index < -0.39 is 23.2 Å². The maximum absolute atomic E-state index is 13.2. The van der Waals surface area contributed by atoms with Crippen LogP contribution >= 0.6 is 0 Å². The number of nitrogens with one attached hydrogen (secondary N) is 2. The van der Waals surface area contributed by atoms with Crippen molar-refractivity contribution in [1.82, 2.24) is 4.98 Å². The first-order chi connectivity index (χ1) is 10.3. The van der Waals surface area contributed by atoms with E-state index in [1.165, 1.54) is 12.1 Å². The van der Waals surface area contributed by atoms with Crippen molar-refractivity contribution >= 4 is 22.5 Å². The van der Waals surface area contributed by atoms with Crippen LogP contribution in [0.15, 0.2) is 12.1 Å². The zero-order valence-electron chi connectivity index (χ0n) is 11.5. The molecule has 2 aromatic rings. The molecule has 22 heavy (non-hydrogen) atoms. The lowest BCUT2D eigenvalue weighted by Crippen LogP contribution is -2.47. The summed E-state index contributed by atoms with van der Waals surface area (Å²) in [6.45, 7) is 0. The number of hydrogen-bond donors (Lipinski definition) is 3. The molecule has 1 atom stereocenters. The highest BCUT2D eigenvalue weighted by molar-refractivity contribution is 6.08. The average molecular weight is 310 g/mol. The van der Waals surface area contributed by atoms with Gasteiger partial charge in [0.15, 0.2) is 0 Å². The zero-order chi connectivity index (χ0) is 15.7. The number of alkyl halides is 3. The molecule has 7 heteroatoms. The van der Waals surface area contributed by atoms with E-state index in [2.05, 4.69) is 10.3 Å². The molecule has 0 spiro atoms. The Morgan fingerprint density at radius 2 is 1.91 bits per heavy atom. The lowest BCUT2D eigenvalue weighted by molar-refractivity contribution is -0.252. The van der Waals surface area contributed by atoms with Crippen molar-refractivity contribution in [3.63, 3.8) is 0 Å². The molecular formula is C15H13F3N2O2. The van der Waals surface area contributed by atoms with E-state index in [1.54, 1.807) is 0 Å². The molecule has 0 fully saturated rings. The summed E-state index contributed by atoms with van der Waals surface area (Å²) in [5.41, 5.74) is -1.22. The first kappa shape index (κ1) is 13.6. The fraction of sp³-hybridized carbons (Fsp3) is 0.400. The van der Waals surface area contributed by atoms with Gasteiger partial charge in [-0.3, -0.25) is 4.79 Å².